The summed E-state index contributed by atoms with van der Waals surface area (Å²) in [5.41, 5.74) is 1.47. The van der Waals surface area contributed by atoms with Gasteiger partial charge in [-0.05, 0) is 50.6 Å². The van der Waals surface area contributed by atoms with E-state index in [2.05, 4.69) is 10.2 Å². The molecule has 0 fully saturated rings. The SMILES string of the molecule is COc1cc(OC(C)C)c(C(F)(F)F)cc1C(=O)Nc1cccc2c1CCN(C)C2. The number of nitrogens with zero attached hydrogens (tertiary/aromatic N) is 1. The predicted molar refractivity (Wildman–Crippen MR) is 108 cm³/mol. The van der Waals surface area contributed by atoms with Crippen molar-refractivity contribution < 1.29 is 27.4 Å². The van der Waals surface area contributed by atoms with Gasteiger partial charge < -0.3 is 19.7 Å². The third-order valence-electron chi connectivity index (χ3n) is 4.92. The van der Waals surface area contributed by atoms with Gasteiger partial charge in [0, 0.05) is 24.8 Å². The first-order chi connectivity index (χ1) is 14.1. The van der Waals surface area contributed by atoms with Crippen molar-refractivity contribution in [2.24, 2.45) is 0 Å². The molecule has 0 atom stereocenters. The first kappa shape index (κ1) is 22.0. The highest BCUT2D eigenvalue weighted by Crippen LogP contribution is 2.41. The van der Waals surface area contributed by atoms with E-state index in [0.29, 0.717) is 5.69 Å². The first-order valence-electron chi connectivity index (χ1n) is 9.66. The normalized spacial score (nSPS) is 14.4. The number of halogens is 3. The minimum Gasteiger partial charge on any atom is -0.496 e. The molecule has 1 N–H and O–H groups in total. The Morgan fingerprint density at radius 3 is 2.57 bits per heavy atom. The fourth-order valence-electron chi connectivity index (χ4n) is 3.54. The Morgan fingerprint density at radius 2 is 1.93 bits per heavy atom. The molecule has 5 nitrogen and oxygen atoms in total. The lowest BCUT2D eigenvalue weighted by Crippen LogP contribution is -2.27. The number of ether oxygens (including phenoxy) is 2. The molecule has 0 saturated heterocycles. The van der Waals surface area contributed by atoms with Crippen LogP contribution in [0.2, 0.25) is 0 Å². The quantitative estimate of drug-likeness (QED) is 0.756. The Labute approximate surface area is 173 Å². The summed E-state index contributed by atoms with van der Waals surface area (Å²) in [6, 6.07) is 7.48. The molecule has 2 aromatic carbocycles. The standard InChI is InChI=1S/C22H25F3N2O3/c1-13(2)30-20-11-19(29-4)16(10-17(20)22(23,24)25)21(28)26-18-7-5-6-14-12-27(3)9-8-15(14)18/h5-7,10-11,13H,8-9,12H2,1-4H3,(H,26,28). The van der Waals surface area contributed by atoms with E-state index in [-0.39, 0.29) is 17.1 Å². The molecule has 1 aliphatic rings. The number of rotatable bonds is 5. The van der Waals surface area contributed by atoms with Crippen LogP contribution in [0, 0.1) is 0 Å². The number of methoxy groups -OCH3 is 1. The summed E-state index contributed by atoms with van der Waals surface area (Å²) in [7, 11) is 3.32. The molecule has 30 heavy (non-hydrogen) atoms. The Kier molecular flexibility index (Phi) is 6.26. The summed E-state index contributed by atoms with van der Waals surface area (Å²) in [6.45, 7) is 4.84. The number of hydrogen-bond acceptors (Lipinski definition) is 4. The van der Waals surface area contributed by atoms with Gasteiger partial charge in [0.1, 0.15) is 11.5 Å². The van der Waals surface area contributed by atoms with Crippen molar-refractivity contribution in [3.8, 4) is 11.5 Å². The van der Waals surface area contributed by atoms with Crippen LogP contribution in [0.1, 0.15) is 40.9 Å². The van der Waals surface area contributed by atoms with Crippen LogP contribution < -0.4 is 14.8 Å². The summed E-state index contributed by atoms with van der Waals surface area (Å²) in [5.74, 6) is -1.02. The molecule has 0 aliphatic carbocycles. The van der Waals surface area contributed by atoms with E-state index in [1.54, 1.807) is 19.9 Å². The summed E-state index contributed by atoms with van der Waals surface area (Å²) in [4.78, 5) is 15.1. The second kappa shape index (κ2) is 8.55. The van der Waals surface area contributed by atoms with Crippen LogP contribution in [-0.4, -0.2) is 37.6 Å². The number of benzene rings is 2. The number of hydrogen-bond donors (Lipinski definition) is 1. The molecule has 1 heterocycles. The second-order valence-electron chi connectivity index (χ2n) is 7.60. The number of nitrogens with one attached hydrogen (secondary N) is 1. The molecule has 0 spiro atoms. The van der Waals surface area contributed by atoms with Gasteiger partial charge in [-0.1, -0.05) is 12.1 Å². The molecular weight excluding hydrogens is 397 g/mol. The van der Waals surface area contributed by atoms with Gasteiger partial charge >= 0.3 is 6.18 Å². The molecule has 1 aliphatic heterocycles. The molecule has 0 aromatic heterocycles. The number of likely N-dealkylation sites (N-methyl/N-ethyl adjacent to an activating group) is 1. The molecule has 3 rings (SSSR count). The van der Waals surface area contributed by atoms with Crippen LogP contribution in [0.25, 0.3) is 0 Å². The van der Waals surface area contributed by atoms with E-state index in [1.807, 2.05) is 19.2 Å². The van der Waals surface area contributed by atoms with Gasteiger partial charge in [-0.25, -0.2) is 0 Å². The van der Waals surface area contributed by atoms with Gasteiger partial charge in [-0.3, -0.25) is 4.79 Å². The molecule has 0 bridgehead atoms. The number of alkyl halides is 3. The highest BCUT2D eigenvalue weighted by molar-refractivity contribution is 6.07. The molecular formula is C22H25F3N2O3. The predicted octanol–water partition coefficient (Wildman–Crippen LogP) is 4.74. The van der Waals surface area contributed by atoms with Gasteiger partial charge in [-0.15, -0.1) is 0 Å². The Balaban J connectivity index is 1.99. The van der Waals surface area contributed by atoms with E-state index in [0.717, 1.165) is 42.8 Å². The molecule has 0 saturated carbocycles. The van der Waals surface area contributed by atoms with Crippen molar-refractivity contribution in [1.29, 1.82) is 0 Å². The molecule has 8 heteroatoms. The van der Waals surface area contributed by atoms with Crippen molar-refractivity contribution in [2.45, 2.75) is 39.1 Å². The first-order valence-corrected chi connectivity index (χ1v) is 9.66. The smallest absolute Gasteiger partial charge is 0.419 e. The Morgan fingerprint density at radius 1 is 1.20 bits per heavy atom. The molecule has 1 amide bonds. The van der Waals surface area contributed by atoms with E-state index >= 15 is 0 Å². The topological polar surface area (TPSA) is 50.8 Å². The van der Waals surface area contributed by atoms with E-state index in [4.69, 9.17) is 9.47 Å². The number of carbonyl (C=O) groups excluding carboxylic acids is 1. The van der Waals surface area contributed by atoms with Crippen molar-refractivity contribution in [3.05, 3.63) is 52.6 Å². The number of anilines is 1. The maximum atomic E-state index is 13.6. The second-order valence-corrected chi connectivity index (χ2v) is 7.60. The lowest BCUT2D eigenvalue weighted by molar-refractivity contribution is -0.139. The zero-order valence-electron chi connectivity index (χ0n) is 17.4. The average molecular weight is 422 g/mol. The highest BCUT2D eigenvalue weighted by Gasteiger charge is 2.37. The minimum atomic E-state index is -4.68. The Bertz CT molecular complexity index is 942. The molecule has 162 valence electrons. The monoisotopic (exact) mass is 422 g/mol. The average Bonchev–Trinajstić information content (AvgIpc) is 2.66. The summed E-state index contributed by atoms with van der Waals surface area (Å²) >= 11 is 0. The maximum Gasteiger partial charge on any atom is 0.419 e. The third-order valence-corrected chi connectivity index (χ3v) is 4.92. The maximum absolute atomic E-state index is 13.6. The van der Waals surface area contributed by atoms with Gasteiger partial charge in [0.25, 0.3) is 5.91 Å². The van der Waals surface area contributed by atoms with Crippen molar-refractivity contribution in [2.75, 3.05) is 26.0 Å². The Hall–Kier alpha value is -2.74. The number of carbonyl (C=O) groups is 1. The van der Waals surface area contributed by atoms with Gasteiger partial charge in [0.2, 0.25) is 0 Å². The largest absolute Gasteiger partial charge is 0.496 e. The van der Waals surface area contributed by atoms with Crippen LogP contribution in [0.5, 0.6) is 11.5 Å². The van der Waals surface area contributed by atoms with Crippen molar-refractivity contribution >= 4 is 11.6 Å². The van der Waals surface area contributed by atoms with Crippen molar-refractivity contribution in [1.82, 2.24) is 4.90 Å². The fraction of sp³-hybridized carbons (Fsp3) is 0.409. The lowest BCUT2D eigenvalue weighted by atomic mass is 9.97. The van der Waals surface area contributed by atoms with E-state index < -0.39 is 23.8 Å². The number of fused-ring (bicyclic) bond motifs is 1. The van der Waals surface area contributed by atoms with Crippen LogP contribution in [-0.2, 0) is 19.1 Å². The van der Waals surface area contributed by atoms with E-state index in [1.165, 1.54) is 7.11 Å². The van der Waals surface area contributed by atoms with Crippen LogP contribution in [0.3, 0.4) is 0 Å². The van der Waals surface area contributed by atoms with Crippen LogP contribution in [0.4, 0.5) is 18.9 Å². The van der Waals surface area contributed by atoms with Crippen molar-refractivity contribution in [3.63, 3.8) is 0 Å². The highest BCUT2D eigenvalue weighted by atomic mass is 19.4. The number of amides is 1. The van der Waals surface area contributed by atoms with Gasteiger partial charge in [-0.2, -0.15) is 13.2 Å². The zero-order chi connectivity index (χ0) is 22.1. The summed E-state index contributed by atoms with van der Waals surface area (Å²) < 4.78 is 51.3. The third kappa shape index (κ3) is 4.70. The van der Waals surface area contributed by atoms with E-state index in [9.17, 15) is 18.0 Å². The van der Waals surface area contributed by atoms with Gasteiger partial charge in [0.05, 0.1) is 24.3 Å². The summed E-state index contributed by atoms with van der Waals surface area (Å²) in [6.07, 6.45) is -4.40. The summed E-state index contributed by atoms with van der Waals surface area (Å²) in [5, 5.41) is 2.77. The minimum absolute atomic E-state index is 0.0145. The molecule has 2 aromatic rings. The molecule has 0 radical (unpaired) electrons. The zero-order valence-corrected chi connectivity index (χ0v) is 17.4. The lowest BCUT2D eigenvalue weighted by Gasteiger charge is -2.27. The van der Waals surface area contributed by atoms with Gasteiger partial charge in [0.15, 0.2) is 0 Å². The fourth-order valence-corrected chi connectivity index (χ4v) is 3.54. The van der Waals surface area contributed by atoms with Crippen LogP contribution in [0.15, 0.2) is 30.3 Å². The molecule has 0 unspecified atom stereocenters. The van der Waals surface area contributed by atoms with Crippen LogP contribution >= 0.6 is 0 Å².